The second kappa shape index (κ2) is 9.83. The Morgan fingerprint density at radius 1 is 1.13 bits per heavy atom. The summed E-state index contributed by atoms with van der Waals surface area (Å²) in [4.78, 5) is 29.7. The molecule has 0 aliphatic carbocycles. The average molecular weight is 523 g/mol. The van der Waals surface area contributed by atoms with E-state index in [1.165, 1.54) is 24.3 Å². The van der Waals surface area contributed by atoms with Gasteiger partial charge in [0, 0.05) is 55.8 Å². The summed E-state index contributed by atoms with van der Waals surface area (Å²) in [6.45, 7) is 10.1. The van der Waals surface area contributed by atoms with Gasteiger partial charge >= 0.3 is 0 Å². The van der Waals surface area contributed by atoms with E-state index in [0.29, 0.717) is 61.5 Å². The quantitative estimate of drug-likeness (QED) is 0.514. The summed E-state index contributed by atoms with van der Waals surface area (Å²) in [5, 5.41) is 10.9. The number of carbonyl (C=O) groups excluding carboxylic acids is 1. The highest BCUT2D eigenvalue weighted by atomic mass is 19.1. The van der Waals surface area contributed by atoms with Crippen LogP contribution in [0.5, 0.6) is 5.75 Å². The highest BCUT2D eigenvalue weighted by Crippen LogP contribution is 2.41. The van der Waals surface area contributed by atoms with E-state index in [4.69, 9.17) is 4.98 Å². The van der Waals surface area contributed by atoms with Crippen LogP contribution in [0.2, 0.25) is 0 Å². The first-order valence-corrected chi connectivity index (χ1v) is 12.7. The highest BCUT2D eigenvalue weighted by Gasteiger charge is 2.34. The van der Waals surface area contributed by atoms with E-state index in [1.54, 1.807) is 17.9 Å². The predicted octanol–water partition coefficient (Wildman–Crippen LogP) is 3.56. The summed E-state index contributed by atoms with van der Waals surface area (Å²) in [6, 6.07) is 5.89. The molecule has 10 heteroatoms. The van der Waals surface area contributed by atoms with Crippen LogP contribution in [-0.2, 0) is 4.79 Å². The summed E-state index contributed by atoms with van der Waals surface area (Å²) >= 11 is 0. The fraction of sp³-hybridized carbons (Fsp3) is 0.393. The van der Waals surface area contributed by atoms with E-state index < -0.39 is 11.6 Å². The second-order valence-corrected chi connectivity index (χ2v) is 10.3. The molecule has 2 aromatic carbocycles. The molecule has 2 aliphatic rings. The number of nitrogens with zero attached hydrogens (tertiary/aromatic N) is 6. The van der Waals surface area contributed by atoms with Crippen LogP contribution in [0.3, 0.4) is 0 Å². The van der Waals surface area contributed by atoms with Crippen LogP contribution in [0.25, 0.3) is 22.0 Å². The molecule has 2 aliphatic heterocycles. The molecule has 200 valence electrons. The van der Waals surface area contributed by atoms with Crippen molar-refractivity contribution in [1.82, 2.24) is 19.8 Å². The van der Waals surface area contributed by atoms with Crippen molar-refractivity contribution in [3.63, 3.8) is 0 Å². The average Bonchev–Trinajstić information content (AvgIpc) is 2.84. The maximum absolute atomic E-state index is 16.3. The maximum atomic E-state index is 16.3. The van der Waals surface area contributed by atoms with Gasteiger partial charge in [-0.3, -0.25) is 4.79 Å². The molecule has 3 aromatic rings. The number of hydrogen-bond acceptors (Lipinski definition) is 7. The predicted molar refractivity (Wildman–Crippen MR) is 145 cm³/mol. The molecule has 38 heavy (non-hydrogen) atoms. The number of aromatic nitrogens is 2. The van der Waals surface area contributed by atoms with E-state index in [2.05, 4.69) is 16.5 Å². The van der Waals surface area contributed by atoms with Gasteiger partial charge in [-0.05, 0) is 57.8 Å². The van der Waals surface area contributed by atoms with Crippen molar-refractivity contribution in [3.8, 4) is 16.9 Å². The fourth-order valence-electron chi connectivity index (χ4n) is 5.32. The lowest BCUT2D eigenvalue weighted by atomic mass is 9.96. The first kappa shape index (κ1) is 25.8. The summed E-state index contributed by atoms with van der Waals surface area (Å²) in [5.41, 5.74) is 0.318. The number of amides is 1. The normalized spacial score (nSPS) is 18.3. The van der Waals surface area contributed by atoms with Gasteiger partial charge in [0.05, 0.1) is 5.56 Å². The number of carbonyl (C=O) groups is 1. The number of phenols is 1. The number of fused-ring (bicyclic) bond motifs is 1. The molecule has 3 heterocycles. The number of hydrogen-bond donors (Lipinski definition) is 1. The Hall–Kier alpha value is -3.79. The third kappa shape index (κ3) is 4.32. The maximum Gasteiger partial charge on any atom is 0.246 e. The molecule has 0 radical (unpaired) electrons. The lowest BCUT2D eigenvalue weighted by Crippen LogP contribution is -2.58. The minimum Gasteiger partial charge on any atom is -0.507 e. The Labute approximate surface area is 220 Å². The standard InChI is InChI=1S/C28H32F2N6O2/c1-6-22(38)36-11-10-34(13-17(36)3)27-19-12-16(2)23(24-20(29)8-7-9-21(24)37)25(30)26(19)31-28(32-27)35-14-18(15-35)33(4)5/h6-9,12,17-18,37H,1,10-11,13-15H2,2-5H3/t17-/m1/s1. The Morgan fingerprint density at radius 3 is 2.50 bits per heavy atom. The van der Waals surface area contributed by atoms with Crippen LogP contribution in [0, 0.1) is 18.6 Å². The fourth-order valence-corrected chi connectivity index (χ4v) is 5.32. The van der Waals surface area contributed by atoms with Gasteiger partial charge in [0.15, 0.2) is 5.82 Å². The minimum absolute atomic E-state index is 0.0201. The summed E-state index contributed by atoms with van der Waals surface area (Å²) < 4.78 is 31.1. The molecule has 0 bridgehead atoms. The smallest absolute Gasteiger partial charge is 0.246 e. The molecule has 1 aromatic heterocycles. The molecule has 5 rings (SSSR count). The van der Waals surface area contributed by atoms with Gasteiger partial charge in [-0.1, -0.05) is 12.6 Å². The number of aromatic hydroxyl groups is 1. The molecule has 0 saturated carbocycles. The molecule has 0 spiro atoms. The zero-order chi connectivity index (χ0) is 27.3. The van der Waals surface area contributed by atoms with Crippen molar-refractivity contribution in [2.24, 2.45) is 0 Å². The second-order valence-electron chi connectivity index (χ2n) is 10.3. The van der Waals surface area contributed by atoms with Crippen molar-refractivity contribution in [2.75, 3.05) is 56.6 Å². The van der Waals surface area contributed by atoms with Crippen LogP contribution in [0.1, 0.15) is 12.5 Å². The molecule has 1 N–H and O–H groups in total. The summed E-state index contributed by atoms with van der Waals surface area (Å²) in [5.74, 6) is -0.916. The molecular formula is C28H32F2N6O2. The first-order valence-electron chi connectivity index (χ1n) is 12.7. The van der Waals surface area contributed by atoms with E-state index in [9.17, 15) is 14.3 Å². The monoisotopic (exact) mass is 522 g/mol. The van der Waals surface area contributed by atoms with Gasteiger partial charge in [0.25, 0.3) is 0 Å². The number of piperazine rings is 1. The van der Waals surface area contributed by atoms with Crippen LogP contribution in [-0.4, -0.2) is 89.7 Å². The first-order chi connectivity index (χ1) is 18.1. The molecule has 0 unspecified atom stereocenters. The summed E-state index contributed by atoms with van der Waals surface area (Å²) in [6.07, 6.45) is 1.31. The highest BCUT2D eigenvalue weighted by molar-refractivity contribution is 5.96. The molecule has 1 amide bonds. The van der Waals surface area contributed by atoms with E-state index in [-0.39, 0.29) is 34.3 Å². The number of aryl methyl sites for hydroxylation is 1. The molecule has 2 fully saturated rings. The topological polar surface area (TPSA) is 76.0 Å². The molecular weight excluding hydrogens is 490 g/mol. The number of phenolic OH excluding ortho intramolecular Hbond substituents is 1. The van der Waals surface area contributed by atoms with Crippen LogP contribution in [0.15, 0.2) is 36.9 Å². The van der Waals surface area contributed by atoms with Gasteiger partial charge in [-0.2, -0.15) is 4.98 Å². The minimum atomic E-state index is -0.714. The Bertz CT molecular complexity index is 1400. The largest absolute Gasteiger partial charge is 0.507 e. The lowest BCUT2D eigenvalue weighted by Gasteiger charge is -2.43. The molecule has 2 saturated heterocycles. The van der Waals surface area contributed by atoms with Gasteiger partial charge < -0.3 is 24.7 Å². The number of likely N-dealkylation sites (N-methyl/N-ethyl adjacent to an activating group) is 1. The number of anilines is 2. The van der Waals surface area contributed by atoms with Crippen molar-refractivity contribution in [2.45, 2.75) is 25.9 Å². The third-order valence-corrected chi connectivity index (χ3v) is 7.60. The van der Waals surface area contributed by atoms with Crippen molar-refractivity contribution < 1.29 is 18.7 Å². The Kier molecular flexibility index (Phi) is 6.68. The lowest BCUT2D eigenvalue weighted by molar-refractivity contribution is -0.128. The SMILES string of the molecule is C=CC(=O)N1CCN(c2nc(N3CC(N(C)C)C3)nc3c(F)c(-c4c(O)cccc4F)c(C)cc23)C[C@H]1C. The number of rotatable bonds is 5. The van der Waals surface area contributed by atoms with Gasteiger partial charge in [0.2, 0.25) is 11.9 Å². The number of halogens is 2. The molecule has 8 nitrogen and oxygen atoms in total. The Balaban J connectivity index is 1.65. The van der Waals surface area contributed by atoms with Crippen LogP contribution in [0.4, 0.5) is 20.5 Å². The van der Waals surface area contributed by atoms with E-state index >= 15 is 4.39 Å². The third-order valence-electron chi connectivity index (χ3n) is 7.60. The Morgan fingerprint density at radius 2 is 1.87 bits per heavy atom. The van der Waals surface area contributed by atoms with Crippen molar-refractivity contribution in [1.29, 1.82) is 0 Å². The summed E-state index contributed by atoms with van der Waals surface area (Å²) in [7, 11) is 4.02. The van der Waals surface area contributed by atoms with Crippen LogP contribution >= 0.6 is 0 Å². The zero-order valence-electron chi connectivity index (χ0n) is 22.1. The molecule has 1 atom stereocenters. The van der Waals surface area contributed by atoms with Crippen molar-refractivity contribution >= 4 is 28.6 Å². The number of benzene rings is 2. The van der Waals surface area contributed by atoms with E-state index in [1.807, 2.05) is 30.8 Å². The van der Waals surface area contributed by atoms with Crippen LogP contribution < -0.4 is 9.80 Å². The van der Waals surface area contributed by atoms with Crippen molar-refractivity contribution in [3.05, 3.63) is 54.1 Å². The van der Waals surface area contributed by atoms with Gasteiger partial charge in [-0.15, -0.1) is 0 Å². The zero-order valence-corrected chi connectivity index (χ0v) is 22.1. The van der Waals surface area contributed by atoms with Gasteiger partial charge in [-0.25, -0.2) is 13.8 Å². The van der Waals surface area contributed by atoms with E-state index in [0.717, 1.165) is 0 Å². The van der Waals surface area contributed by atoms with Gasteiger partial charge in [0.1, 0.15) is 22.9 Å².